The Morgan fingerprint density at radius 3 is 2.38 bits per heavy atom. The molecule has 1 amide bonds. The summed E-state index contributed by atoms with van der Waals surface area (Å²) < 4.78 is 10.4. The van der Waals surface area contributed by atoms with Crippen molar-refractivity contribution >= 4 is 11.6 Å². The maximum atomic E-state index is 12.5. The zero-order valence-corrected chi connectivity index (χ0v) is 14.4. The average molecular weight is 329 g/mol. The van der Waals surface area contributed by atoms with Crippen LogP contribution in [-0.2, 0) is 0 Å². The molecule has 0 N–H and O–H groups in total. The molecule has 0 radical (unpaired) electrons. The lowest BCUT2D eigenvalue weighted by Crippen LogP contribution is -2.48. The van der Waals surface area contributed by atoms with E-state index in [4.69, 9.17) is 9.26 Å². The summed E-state index contributed by atoms with van der Waals surface area (Å²) >= 11 is 0. The number of hydrogen-bond acceptors (Lipinski definition) is 5. The third kappa shape index (κ3) is 3.37. The number of rotatable bonds is 4. The van der Waals surface area contributed by atoms with Crippen LogP contribution in [0.5, 0.6) is 5.75 Å². The number of nitrogens with zero attached hydrogens (tertiary/aromatic N) is 3. The Labute approximate surface area is 142 Å². The van der Waals surface area contributed by atoms with Crippen molar-refractivity contribution in [1.82, 2.24) is 10.1 Å². The molecule has 0 saturated carbocycles. The summed E-state index contributed by atoms with van der Waals surface area (Å²) in [6.45, 7) is 6.98. The molecule has 6 nitrogen and oxygen atoms in total. The van der Waals surface area contributed by atoms with Crippen LogP contribution in [0, 0.1) is 0 Å². The molecule has 0 bridgehead atoms. The van der Waals surface area contributed by atoms with Crippen molar-refractivity contribution in [3.63, 3.8) is 0 Å². The Hall–Kier alpha value is -2.50. The molecule has 1 aromatic carbocycles. The summed E-state index contributed by atoms with van der Waals surface area (Å²) in [6, 6.07) is 9.75. The fourth-order valence-electron chi connectivity index (χ4n) is 2.78. The molecule has 1 aromatic heterocycles. The van der Waals surface area contributed by atoms with Crippen molar-refractivity contribution in [3.8, 4) is 5.75 Å². The van der Waals surface area contributed by atoms with E-state index in [2.05, 4.69) is 10.1 Å². The lowest BCUT2D eigenvalue weighted by molar-refractivity contribution is 0.0736. The van der Waals surface area contributed by atoms with E-state index >= 15 is 0 Å². The van der Waals surface area contributed by atoms with Crippen molar-refractivity contribution in [2.45, 2.75) is 19.8 Å². The van der Waals surface area contributed by atoms with Crippen molar-refractivity contribution in [1.29, 1.82) is 0 Å². The maximum Gasteiger partial charge on any atom is 0.276 e. The number of methoxy groups -OCH3 is 1. The van der Waals surface area contributed by atoms with E-state index in [-0.39, 0.29) is 11.8 Å². The zero-order valence-electron chi connectivity index (χ0n) is 14.4. The van der Waals surface area contributed by atoms with Gasteiger partial charge in [-0.3, -0.25) is 4.79 Å². The van der Waals surface area contributed by atoms with Crippen LogP contribution in [0.15, 0.2) is 34.9 Å². The third-order valence-electron chi connectivity index (χ3n) is 4.32. The Balaban J connectivity index is 1.60. The number of piperazine rings is 1. The topological polar surface area (TPSA) is 58.8 Å². The molecule has 1 aliphatic rings. The number of carbonyl (C=O) groups excluding carboxylic acids is 1. The lowest BCUT2D eigenvalue weighted by atomic mass is 10.1. The molecule has 24 heavy (non-hydrogen) atoms. The van der Waals surface area contributed by atoms with E-state index < -0.39 is 0 Å². The van der Waals surface area contributed by atoms with Gasteiger partial charge in [-0.2, -0.15) is 0 Å². The van der Waals surface area contributed by atoms with Gasteiger partial charge in [0.05, 0.1) is 7.11 Å². The first-order valence-electron chi connectivity index (χ1n) is 8.23. The number of anilines is 1. The summed E-state index contributed by atoms with van der Waals surface area (Å²) in [5.74, 6) is 1.76. The molecular weight excluding hydrogens is 306 g/mol. The van der Waals surface area contributed by atoms with Gasteiger partial charge in [-0.25, -0.2) is 0 Å². The molecule has 2 heterocycles. The standard InChI is InChI=1S/C18H23N3O3/c1-13(2)17-12-16(19-24-17)18(22)21-10-8-20(9-11-21)14-4-6-15(23-3)7-5-14/h4-7,12-13H,8-11H2,1-3H3. The zero-order chi connectivity index (χ0) is 17.1. The van der Waals surface area contributed by atoms with Gasteiger partial charge in [-0.05, 0) is 24.3 Å². The Kier molecular flexibility index (Phi) is 4.74. The quantitative estimate of drug-likeness (QED) is 0.863. The highest BCUT2D eigenvalue weighted by molar-refractivity contribution is 5.92. The average Bonchev–Trinajstić information content (AvgIpc) is 3.12. The highest BCUT2D eigenvalue weighted by Crippen LogP contribution is 2.21. The van der Waals surface area contributed by atoms with E-state index in [1.54, 1.807) is 13.2 Å². The summed E-state index contributed by atoms with van der Waals surface area (Å²) in [6.07, 6.45) is 0. The summed E-state index contributed by atoms with van der Waals surface area (Å²) in [7, 11) is 1.66. The molecule has 1 saturated heterocycles. The van der Waals surface area contributed by atoms with E-state index in [1.807, 2.05) is 43.0 Å². The number of benzene rings is 1. The molecule has 6 heteroatoms. The van der Waals surface area contributed by atoms with Gasteiger partial charge >= 0.3 is 0 Å². The van der Waals surface area contributed by atoms with Crippen molar-refractivity contribution in [3.05, 3.63) is 41.8 Å². The van der Waals surface area contributed by atoms with E-state index in [1.165, 1.54) is 0 Å². The van der Waals surface area contributed by atoms with E-state index in [0.717, 1.165) is 30.3 Å². The van der Waals surface area contributed by atoms with Crippen LogP contribution in [0.4, 0.5) is 5.69 Å². The summed E-state index contributed by atoms with van der Waals surface area (Å²) in [4.78, 5) is 16.6. The number of ether oxygens (including phenoxy) is 1. The van der Waals surface area contributed by atoms with Crippen molar-refractivity contribution in [2.24, 2.45) is 0 Å². The van der Waals surface area contributed by atoms with Crippen molar-refractivity contribution in [2.75, 3.05) is 38.2 Å². The molecule has 0 atom stereocenters. The molecule has 128 valence electrons. The predicted octanol–water partition coefficient (Wildman–Crippen LogP) is 2.77. The second-order valence-electron chi connectivity index (χ2n) is 6.25. The highest BCUT2D eigenvalue weighted by atomic mass is 16.5. The number of aromatic nitrogens is 1. The normalized spacial score (nSPS) is 15.0. The highest BCUT2D eigenvalue weighted by Gasteiger charge is 2.25. The maximum absolute atomic E-state index is 12.5. The number of hydrogen-bond donors (Lipinski definition) is 0. The van der Waals surface area contributed by atoms with Crippen LogP contribution in [0.2, 0.25) is 0 Å². The van der Waals surface area contributed by atoms with Gasteiger partial charge in [0, 0.05) is 43.9 Å². The Morgan fingerprint density at radius 1 is 1.17 bits per heavy atom. The van der Waals surface area contributed by atoms with E-state index in [0.29, 0.717) is 18.8 Å². The Morgan fingerprint density at radius 2 is 1.83 bits per heavy atom. The molecule has 0 spiro atoms. The number of carbonyl (C=O) groups is 1. The molecule has 3 rings (SSSR count). The van der Waals surface area contributed by atoms with Gasteiger partial charge in [0.2, 0.25) is 0 Å². The second kappa shape index (κ2) is 6.95. The third-order valence-corrected chi connectivity index (χ3v) is 4.32. The van der Waals surface area contributed by atoms with Crippen LogP contribution < -0.4 is 9.64 Å². The number of amides is 1. The van der Waals surface area contributed by atoms with Crippen LogP contribution >= 0.6 is 0 Å². The summed E-state index contributed by atoms with van der Waals surface area (Å²) in [5.41, 5.74) is 1.54. The second-order valence-corrected chi connectivity index (χ2v) is 6.25. The van der Waals surface area contributed by atoms with Gasteiger partial charge < -0.3 is 19.1 Å². The minimum absolute atomic E-state index is 0.0555. The first-order chi connectivity index (χ1) is 11.6. The van der Waals surface area contributed by atoms with Crippen LogP contribution in [0.1, 0.15) is 36.0 Å². The SMILES string of the molecule is COc1ccc(N2CCN(C(=O)c3cc(C(C)C)on3)CC2)cc1. The molecule has 1 fully saturated rings. The Bertz CT molecular complexity index is 686. The van der Waals surface area contributed by atoms with Gasteiger partial charge in [-0.15, -0.1) is 0 Å². The van der Waals surface area contributed by atoms with Gasteiger partial charge in [0.1, 0.15) is 11.5 Å². The predicted molar refractivity (Wildman–Crippen MR) is 91.7 cm³/mol. The molecule has 1 aliphatic heterocycles. The van der Waals surface area contributed by atoms with Gasteiger partial charge in [-0.1, -0.05) is 19.0 Å². The van der Waals surface area contributed by atoms with Gasteiger partial charge in [0.15, 0.2) is 5.69 Å². The first kappa shape index (κ1) is 16.4. The first-order valence-corrected chi connectivity index (χ1v) is 8.23. The van der Waals surface area contributed by atoms with Gasteiger partial charge in [0.25, 0.3) is 5.91 Å². The lowest BCUT2D eigenvalue weighted by Gasteiger charge is -2.35. The fourth-order valence-corrected chi connectivity index (χ4v) is 2.78. The van der Waals surface area contributed by atoms with E-state index in [9.17, 15) is 4.79 Å². The molecule has 0 aliphatic carbocycles. The van der Waals surface area contributed by atoms with Crippen LogP contribution in [-0.4, -0.2) is 49.3 Å². The minimum Gasteiger partial charge on any atom is -0.497 e. The largest absolute Gasteiger partial charge is 0.497 e. The molecular formula is C18H23N3O3. The minimum atomic E-state index is -0.0555. The summed E-state index contributed by atoms with van der Waals surface area (Å²) in [5, 5.41) is 3.92. The fraction of sp³-hybridized carbons (Fsp3) is 0.444. The van der Waals surface area contributed by atoms with Crippen LogP contribution in [0.25, 0.3) is 0 Å². The monoisotopic (exact) mass is 329 g/mol. The molecule has 0 unspecified atom stereocenters. The molecule has 2 aromatic rings. The van der Waals surface area contributed by atoms with Crippen LogP contribution in [0.3, 0.4) is 0 Å². The van der Waals surface area contributed by atoms with Crippen molar-refractivity contribution < 1.29 is 14.1 Å². The smallest absolute Gasteiger partial charge is 0.276 e.